The molecule has 31 heavy (non-hydrogen) atoms. The van der Waals surface area contributed by atoms with Crippen LogP contribution in [0.2, 0.25) is 0 Å². The molecule has 0 radical (unpaired) electrons. The molecule has 1 aliphatic rings. The highest BCUT2D eigenvalue weighted by molar-refractivity contribution is 9.10. The number of rotatable bonds is 6. The van der Waals surface area contributed by atoms with Gasteiger partial charge < -0.3 is 24.0 Å². The molecule has 0 N–H and O–H groups in total. The van der Waals surface area contributed by atoms with E-state index in [1.807, 2.05) is 19.9 Å². The number of benzene rings is 2. The lowest BCUT2D eigenvalue weighted by Crippen LogP contribution is -2.50. The maximum atomic E-state index is 13.0. The van der Waals surface area contributed by atoms with Crippen molar-refractivity contribution in [2.75, 3.05) is 47.0 Å². The zero-order chi connectivity index (χ0) is 22.5. The Hall–Kier alpha value is -2.74. The third kappa shape index (κ3) is 4.95. The molecular formula is C23H27BrN2O5. The molecule has 1 aliphatic heterocycles. The van der Waals surface area contributed by atoms with Gasteiger partial charge >= 0.3 is 0 Å². The van der Waals surface area contributed by atoms with Gasteiger partial charge in [0.2, 0.25) is 0 Å². The van der Waals surface area contributed by atoms with Gasteiger partial charge in [-0.1, -0.05) is 6.07 Å². The molecule has 8 heteroatoms. The number of carbonyl (C=O) groups excluding carboxylic acids is 2. The van der Waals surface area contributed by atoms with Gasteiger partial charge in [0.15, 0.2) is 11.5 Å². The van der Waals surface area contributed by atoms with E-state index >= 15 is 0 Å². The largest absolute Gasteiger partial charge is 0.496 e. The number of halogens is 1. The summed E-state index contributed by atoms with van der Waals surface area (Å²) in [5.74, 6) is 1.60. The summed E-state index contributed by atoms with van der Waals surface area (Å²) < 4.78 is 17.0. The minimum absolute atomic E-state index is 0.0594. The van der Waals surface area contributed by atoms with Crippen LogP contribution in [-0.4, -0.2) is 68.6 Å². The normalized spacial score (nSPS) is 13.7. The van der Waals surface area contributed by atoms with Crippen molar-refractivity contribution in [2.45, 2.75) is 13.8 Å². The van der Waals surface area contributed by atoms with Crippen molar-refractivity contribution in [3.05, 3.63) is 51.5 Å². The lowest BCUT2D eigenvalue weighted by Gasteiger charge is -2.35. The number of hydrogen-bond donors (Lipinski definition) is 0. The minimum Gasteiger partial charge on any atom is -0.496 e. The second-order valence-electron chi connectivity index (χ2n) is 7.19. The van der Waals surface area contributed by atoms with E-state index in [4.69, 9.17) is 14.2 Å². The summed E-state index contributed by atoms with van der Waals surface area (Å²) in [5, 5.41) is 0. The van der Waals surface area contributed by atoms with E-state index in [9.17, 15) is 9.59 Å². The Morgan fingerprint density at radius 1 is 0.903 bits per heavy atom. The van der Waals surface area contributed by atoms with E-state index < -0.39 is 0 Å². The highest BCUT2D eigenvalue weighted by Crippen LogP contribution is 2.37. The molecule has 2 amide bonds. The number of aryl methyl sites for hydroxylation is 1. The Labute approximate surface area is 191 Å². The number of nitrogens with zero attached hydrogens (tertiary/aromatic N) is 2. The van der Waals surface area contributed by atoms with Crippen molar-refractivity contribution in [1.29, 1.82) is 0 Å². The quantitative estimate of drug-likeness (QED) is 0.616. The van der Waals surface area contributed by atoms with Gasteiger partial charge in [0.25, 0.3) is 11.8 Å². The van der Waals surface area contributed by atoms with Crippen LogP contribution in [0.15, 0.2) is 34.8 Å². The second-order valence-corrected chi connectivity index (χ2v) is 8.05. The Bertz CT molecular complexity index is 971. The van der Waals surface area contributed by atoms with Crippen molar-refractivity contribution in [3.8, 4) is 17.2 Å². The van der Waals surface area contributed by atoms with Crippen LogP contribution in [0.1, 0.15) is 33.2 Å². The molecule has 0 bridgehead atoms. The molecule has 0 spiro atoms. The molecule has 2 aromatic carbocycles. The molecule has 1 fully saturated rings. The first-order chi connectivity index (χ1) is 14.9. The predicted octanol–water partition coefficient (Wildman–Crippen LogP) is 3.77. The van der Waals surface area contributed by atoms with Gasteiger partial charge in [0.05, 0.1) is 25.3 Å². The van der Waals surface area contributed by atoms with Crippen molar-refractivity contribution in [2.24, 2.45) is 0 Å². The highest BCUT2D eigenvalue weighted by atomic mass is 79.9. The first-order valence-electron chi connectivity index (χ1n) is 10.1. The molecule has 7 nitrogen and oxygen atoms in total. The summed E-state index contributed by atoms with van der Waals surface area (Å²) in [4.78, 5) is 29.4. The van der Waals surface area contributed by atoms with Crippen LogP contribution >= 0.6 is 15.9 Å². The summed E-state index contributed by atoms with van der Waals surface area (Å²) in [6, 6.07) is 8.88. The SMILES string of the molecule is CCOc1c(Br)cc(C(=O)N2CCN(C(=O)c3ccc(C)c(OC)c3)CC2)cc1OC. The van der Waals surface area contributed by atoms with Crippen LogP contribution in [0.25, 0.3) is 0 Å². The number of hydrogen-bond acceptors (Lipinski definition) is 5. The summed E-state index contributed by atoms with van der Waals surface area (Å²) in [7, 11) is 3.14. The van der Waals surface area contributed by atoms with Crippen LogP contribution < -0.4 is 14.2 Å². The second kappa shape index (κ2) is 10.0. The van der Waals surface area contributed by atoms with Gasteiger partial charge in [0.1, 0.15) is 5.75 Å². The lowest BCUT2D eigenvalue weighted by molar-refractivity contribution is 0.0535. The number of carbonyl (C=O) groups is 2. The minimum atomic E-state index is -0.105. The molecule has 0 unspecified atom stereocenters. The summed E-state index contributed by atoms with van der Waals surface area (Å²) in [6.07, 6.45) is 0. The number of methoxy groups -OCH3 is 2. The smallest absolute Gasteiger partial charge is 0.254 e. The summed E-state index contributed by atoms with van der Waals surface area (Å²) >= 11 is 3.46. The van der Waals surface area contributed by atoms with Gasteiger partial charge in [-0.3, -0.25) is 9.59 Å². The van der Waals surface area contributed by atoms with Gasteiger partial charge in [-0.25, -0.2) is 0 Å². The maximum Gasteiger partial charge on any atom is 0.254 e. The van der Waals surface area contributed by atoms with E-state index in [2.05, 4.69) is 15.9 Å². The fourth-order valence-electron chi connectivity index (χ4n) is 3.56. The molecule has 0 atom stereocenters. The Kier molecular flexibility index (Phi) is 7.43. The van der Waals surface area contributed by atoms with Crippen LogP contribution in [-0.2, 0) is 0 Å². The molecule has 0 saturated carbocycles. The van der Waals surface area contributed by atoms with Gasteiger partial charge in [-0.15, -0.1) is 0 Å². The first kappa shape index (κ1) is 22.9. The standard InChI is InChI=1S/C23H27BrN2O5/c1-5-31-21-18(24)12-17(14-20(21)30-4)23(28)26-10-8-25(9-11-26)22(27)16-7-6-15(2)19(13-16)29-3/h6-7,12-14H,5,8-11H2,1-4H3. The molecule has 1 heterocycles. The van der Waals surface area contributed by atoms with Crippen molar-refractivity contribution < 1.29 is 23.8 Å². The van der Waals surface area contributed by atoms with Gasteiger partial charge in [0, 0.05) is 37.3 Å². The van der Waals surface area contributed by atoms with Crippen molar-refractivity contribution in [3.63, 3.8) is 0 Å². The van der Waals surface area contributed by atoms with Crippen LogP contribution in [0, 0.1) is 6.92 Å². The van der Waals surface area contributed by atoms with E-state index in [1.165, 1.54) is 0 Å². The van der Waals surface area contributed by atoms with Gasteiger partial charge in [-0.2, -0.15) is 0 Å². The maximum absolute atomic E-state index is 13.0. The molecule has 0 aromatic heterocycles. The molecule has 3 rings (SSSR count). The van der Waals surface area contributed by atoms with Crippen molar-refractivity contribution >= 4 is 27.7 Å². The molecule has 166 valence electrons. The zero-order valence-electron chi connectivity index (χ0n) is 18.2. The third-order valence-corrected chi connectivity index (χ3v) is 5.86. The Balaban J connectivity index is 1.69. The zero-order valence-corrected chi connectivity index (χ0v) is 19.8. The average molecular weight is 491 g/mol. The molecule has 1 saturated heterocycles. The van der Waals surface area contributed by atoms with E-state index in [-0.39, 0.29) is 11.8 Å². The van der Waals surface area contributed by atoms with Crippen LogP contribution in [0.4, 0.5) is 0 Å². The highest BCUT2D eigenvalue weighted by Gasteiger charge is 2.27. The van der Waals surface area contributed by atoms with E-state index in [0.717, 1.165) is 5.56 Å². The monoisotopic (exact) mass is 490 g/mol. The van der Waals surface area contributed by atoms with Crippen molar-refractivity contribution in [1.82, 2.24) is 9.80 Å². The van der Waals surface area contributed by atoms with Gasteiger partial charge in [-0.05, 0) is 59.6 Å². The molecular weight excluding hydrogens is 464 g/mol. The third-order valence-electron chi connectivity index (χ3n) is 5.27. The van der Waals surface area contributed by atoms with Crippen LogP contribution in [0.3, 0.4) is 0 Å². The Morgan fingerprint density at radius 2 is 1.45 bits per heavy atom. The number of amides is 2. The fraction of sp³-hybridized carbons (Fsp3) is 0.391. The Morgan fingerprint density at radius 3 is 2.00 bits per heavy atom. The van der Waals surface area contributed by atoms with E-state index in [0.29, 0.717) is 65.6 Å². The average Bonchev–Trinajstić information content (AvgIpc) is 2.79. The number of piperazine rings is 1. The predicted molar refractivity (Wildman–Crippen MR) is 121 cm³/mol. The molecule has 2 aromatic rings. The van der Waals surface area contributed by atoms with E-state index in [1.54, 1.807) is 48.3 Å². The summed E-state index contributed by atoms with van der Waals surface area (Å²) in [5.41, 5.74) is 2.07. The molecule has 0 aliphatic carbocycles. The first-order valence-corrected chi connectivity index (χ1v) is 10.9. The van der Waals surface area contributed by atoms with Crippen LogP contribution in [0.5, 0.6) is 17.2 Å². The number of ether oxygens (including phenoxy) is 3. The topological polar surface area (TPSA) is 68.3 Å². The summed E-state index contributed by atoms with van der Waals surface area (Å²) in [6.45, 7) is 6.17. The lowest BCUT2D eigenvalue weighted by atomic mass is 10.1. The fourth-order valence-corrected chi connectivity index (χ4v) is 4.12.